The van der Waals surface area contributed by atoms with E-state index < -0.39 is 16.1 Å². The first-order valence-electron chi connectivity index (χ1n) is 11.6. The SMILES string of the molecule is CCC(Sc1cccc(NC(=O)c2cccc([N+](=O)[O-])c2)c1)C(=O)Nc1sc2c(c1C#N)CCCC2. The van der Waals surface area contributed by atoms with Crippen LogP contribution in [-0.2, 0) is 17.6 Å². The number of nitro groups is 1. The van der Waals surface area contributed by atoms with Crippen LogP contribution in [0.4, 0.5) is 16.4 Å². The Kier molecular flexibility index (Phi) is 8.03. The lowest BCUT2D eigenvalue weighted by Crippen LogP contribution is -2.24. The maximum Gasteiger partial charge on any atom is 0.270 e. The average molecular weight is 521 g/mol. The van der Waals surface area contributed by atoms with Crippen LogP contribution in [0, 0.1) is 21.4 Å². The molecule has 184 valence electrons. The monoisotopic (exact) mass is 520 g/mol. The lowest BCUT2D eigenvalue weighted by molar-refractivity contribution is -0.384. The Bertz CT molecular complexity index is 1360. The predicted octanol–water partition coefficient (Wildman–Crippen LogP) is 6.17. The van der Waals surface area contributed by atoms with Crippen LogP contribution in [0.1, 0.15) is 52.5 Å². The number of thiophene rings is 1. The zero-order valence-electron chi connectivity index (χ0n) is 19.6. The summed E-state index contributed by atoms with van der Waals surface area (Å²) in [6, 6.07) is 14.9. The maximum absolute atomic E-state index is 13.1. The number of nitriles is 1. The van der Waals surface area contributed by atoms with Gasteiger partial charge in [-0.25, -0.2) is 0 Å². The zero-order valence-corrected chi connectivity index (χ0v) is 21.2. The van der Waals surface area contributed by atoms with E-state index in [2.05, 4.69) is 16.7 Å². The number of nitro benzene ring substituents is 1. The average Bonchev–Trinajstić information content (AvgIpc) is 3.24. The molecule has 0 bridgehead atoms. The molecule has 1 atom stereocenters. The topological polar surface area (TPSA) is 125 Å². The number of hydrogen-bond donors (Lipinski definition) is 2. The van der Waals surface area contributed by atoms with Crippen LogP contribution in [0.15, 0.2) is 53.4 Å². The molecule has 1 heterocycles. The number of fused-ring (bicyclic) bond motifs is 1. The van der Waals surface area contributed by atoms with Gasteiger partial charge in [-0.05, 0) is 61.9 Å². The van der Waals surface area contributed by atoms with Crippen LogP contribution in [0.2, 0.25) is 0 Å². The van der Waals surface area contributed by atoms with Crippen LogP contribution >= 0.6 is 23.1 Å². The second kappa shape index (κ2) is 11.4. The summed E-state index contributed by atoms with van der Waals surface area (Å²) in [6.45, 7) is 1.93. The van der Waals surface area contributed by atoms with Gasteiger partial charge in [0.05, 0.1) is 15.7 Å². The number of nitrogens with zero attached hydrogens (tertiary/aromatic N) is 2. The van der Waals surface area contributed by atoms with Gasteiger partial charge in [-0.2, -0.15) is 5.26 Å². The molecule has 1 aromatic heterocycles. The van der Waals surface area contributed by atoms with Crippen molar-refractivity contribution in [3.8, 4) is 6.07 Å². The molecule has 1 aliphatic rings. The number of non-ortho nitro benzene ring substituents is 1. The fourth-order valence-corrected chi connectivity index (χ4v) is 6.32. The molecule has 0 radical (unpaired) electrons. The first kappa shape index (κ1) is 25.4. The van der Waals surface area contributed by atoms with Gasteiger partial charge in [-0.3, -0.25) is 19.7 Å². The third-order valence-electron chi connectivity index (χ3n) is 5.87. The number of thioether (sulfide) groups is 1. The van der Waals surface area contributed by atoms with Crippen molar-refractivity contribution < 1.29 is 14.5 Å². The molecule has 4 rings (SSSR count). The molecule has 0 fully saturated rings. The van der Waals surface area contributed by atoms with E-state index in [0.717, 1.165) is 36.1 Å². The highest BCUT2D eigenvalue weighted by molar-refractivity contribution is 8.00. The van der Waals surface area contributed by atoms with Crippen LogP contribution in [-0.4, -0.2) is 22.0 Å². The van der Waals surface area contributed by atoms with Gasteiger partial charge < -0.3 is 10.6 Å². The number of nitrogens with one attached hydrogen (secondary N) is 2. The van der Waals surface area contributed by atoms with E-state index in [4.69, 9.17) is 0 Å². The molecule has 0 saturated heterocycles. The molecule has 10 heteroatoms. The van der Waals surface area contributed by atoms with Crippen molar-refractivity contribution in [2.45, 2.75) is 49.2 Å². The van der Waals surface area contributed by atoms with E-state index >= 15 is 0 Å². The predicted molar refractivity (Wildman–Crippen MR) is 142 cm³/mol. The second-order valence-corrected chi connectivity index (χ2v) is 10.7. The first-order valence-corrected chi connectivity index (χ1v) is 13.3. The largest absolute Gasteiger partial charge is 0.322 e. The Hall–Kier alpha value is -3.68. The van der Waals surface area contributed by atoms with Crippen LogP contribution in [0.5, 0.6) is 0 Å². The van der Waals surface area contributed by atoms with Crippen molar-refractivity contribution in [2.24, 2.45) is 0 Å². The van der Waals surface area contributed by atoms with Gasteiger partial charge in [-0.1, -0.05) is 19.1 Å². The molecular formula is C26H24N4O4S2. The van der Waals surface area contributed by atoms with Crippen LogP contribution < -0.4 is 10.6 Å². The number of aryl methyl sites for hydroxylation is 1. The summed E-state index contributed by atoms with van der Waals surface area (Å²) < 4.78 is 0. The highest BCUT2D eigenvalue weighted by Crippen LogP contribution is 2.38. The van der Waals surface area contributed by atoms with Gasteiger partial charge in [-0.15, -0.1) is 23.1 Å². The van der Waals surface area contributed by atoms with Crippen molar-refractivity contribution in [3.05, 3.63) is 80.2 Å². The minimum absolute atomic E-state index is 0.157. The summed E-state index contributed by atoms with van der Waals surface area (Å²) >= 11 is 2.88. The standard InChI is InChI=1S/C26H24N4O4S2/c1-2-22(25(32)29-26-21(15-27)20-11-3-4-12-23(20)36-26)35-19-10-6-8-17(14-19)28-24(31)16-7-5-9-18(13-16)30(33)34/h5-10,13-14,22H,2-4,11-12H2,1H3,(H,28,31)(H,29,32). The van der Waals surface area contributed by atoms with Crippen molar-refractivity contribution >= 4 is 51.3 Å². The minimum Gasteiger partial charge on any atom is -0.322 e. The number of hydrogen-bond acceptors (Lipinski definition) is 7. The molecule has 8 nitrogen and oxygen atoms in total. The van der Waals surface area contributed by atoms with Gasteiger partial charge in [0.1, 0.15) is 11.1 Å². The van der Waals surface area contributed by atoms with Gasteiger partial charge in [0, 0.05) is 33.2 Å². The molecule has 2 amide bonds. The molecule has 36 heavy (non-hydrogen) atoms. The lowest BCUT2D eigenvalue weighted by atomic mass is 9.96. The van der Waals surface area contributed by atoms with E-state index in [9.17, 15) is 25.0 Å². The van der Waals surface area contributed by atoms with Gasteiger partial charge in [0.15, 0.2) is 0 Å². The van der Waals surface area contributed by atoms with E-state index in [0.29, 0.717) is 22.7 Å². The summed E-state index contributed by atoms with van der Waals surface area (Å²) in [5.41, 5.74) is 2.21. The van der Waals surface area contributed by atoms with Gasteiger partial charge in [0.25, 0.3) is 11.6 Å². The van der Waals surface area contributed by atoms with Crippen molar-refractivity contribution in [2.75, 3.05) is 10.6 Å². The second-order valence-electron chi connectivity index (χ2n) is 8.32. The summed E-state index contributed by atoms with van der Waals surface area (Å²) in [5, 5.41) is 26.6. The third kappa shape index (κ3) is 5.75. The van der Waals surface area contributed by atoms with Gasteiger partial charge in [0.2, 0.25) is 5.91 Å². The van der Waals surface area contributed by atoms with Crippen LogP contribution in [0.3, 0.4) is 0 Å². The highest BCUT2D eigenvalue weighted by atomic mass is 32.2. The number of benzene rings is 2. The molecular weight excluding hydrogens is 496 g/mol. The van der Waals surface area contributed by atoms with E-state index in [1.54, 1.807) is 18.2 Å². The molecule has 0 spiro atoms. The van der Waals surface area contributed by atoms with Crippen molar-refractivity contribution in [1.82, 2.24) is 0 Å². The molecule has 1 unspecified atom stereocenters. The number of anilines is 2. The van der Waals surface area contributed by atoms with Crippen LogP contribution in [0.25, 0.3) is 0 Å². The summed E-state index contributed by atoms with van der Waals surface area (Å²) in [6.07, 6.45) is 4.57. The quantitative estimate of drug-likeness (QED) is 0.208. The molecule has 0 aliphatic heterocycles. The molecule has 1 aliphatic carbocycles. The van der Waals surface area contributed by atoms with E-state index in [1.165, 1.54) is 52.2 Å². The molecule has 0 saturated carbocycles. The molecule has 3 aromatic rings. The number of carbonyl (C=O) groups excluding carboxylic acids is 2. The fraction of sp³-hybridized carbons (Fsp3) is 0.269. The summed E-state index contributed by atoms with van der Waals surface area (Å²) in [5.74, 6) is -0.625. The van der Waals surface area contributed by atoms with E-state index in [-0.39, 0.29) is 17.2 Å². The Morgan fingerprint density at radius 2 is 1.94 bits per heavy atom. The van der Waals surface area contributed by atoms with Gasteiger partial charge >= 0.3 is 0 Å². The minimum atomic E-state index is -0.547. The Morgan fingerprint density at radius 3 is 2.69 bits per heavy atom. The molecule has 2 N–H and O–H groups in total. The van der Waals surface area contributed by atoms with E-state index in [1.807, 2.05) is 13.0 Å². The smallest absolute Gasteiger partial charge is 0.270 e. The number of carbonyl (C=O) groups is 2. The fourth-order valence-electron chi connectivity index (χ4n) is 4.06. The van der Waals surface area contributed by atoms with Crippen molar-refractivity contribution in [3.63, 3.8) is 0 Å². The third-order valence-corrected chi connectivity index (χ3v) is 8.44. The Balaban J connectivity index is 1.44. The summed E-state index contributed by atoms with van der Waals surface area (Å²) in [4.78, 5) is 38.1. The number of rotatable bonds is 8. The van der Waals surface area contributed by atoms with Crippen molar-refractivity contribution in [1.29, 1.82) is 5.26 Å². The first-order chi connectivity index (χ1) is 17.4. The molecule has 2 aromatic carbocycles. The lowest BCUT2D eigenvalue weighted by Gasteiger charge is -2.15. The summed E-state index contributed by atoms with van der Waals surface area (Å²) in [7, 11) is 0. The number of amides is 2. The normalized spacial score (nSPS) is 13.2. The highest BCUT2D eigenvalue weighted by Gasteiger charge is 2.25. The Morgan fingerprint density at radius 1 is 1.17 bits per heavy atom. The maximum atomic E-state index is 13.1. The zero-order chi connectivity index (χ0) is 25.7. The Labute approximate surface area is 216 Å².